The summed E-state index contributed by atoms with van der Waals surface area (Å²) >= 11 is 0. The number of carboxylic acids is 1. The van der Waals surface area contributed by atoms with E-state index in [2.05, 4.69) is 16.9 Å². The zero-order chi connectivity index (χ0) is 13.0. The van der Waals surface area contributed by atoms with Gasteiger partial charge in [0.2, 0.25) is 0 Å². The molecule has 0 unspecified atom stereocenters. The molecule has 18 heavy (non-hydrogen) atoms. The van der Waals surface area contributed by atoms with E-state index in [1.54, 1.807) is 0 Å². The molecule has 4 nitrogen and oxygen atoms in total. The van der Waals surface area contributed by atoms with Crippen LogP contribution in [0.2, 0.25) is 0 Å². The van der Waals surface area contributed by atoms with Crippen molar-refractivity contribution in [2.45, 2.75) is 25.7 Å². The van der Waals surface area contributed by atoms with Crippen LogP contribution in [0.25, 0.3) is 0 Å². The topological polar surface area (TPSA) is 53.4 Å². The third-order valence-corrected chi connectivity index (χ3v) is 3.62. The first kappa shape index (κ1) is 13.0. The standard InChI is InChI=1S/C14H20N2O2/c1-16(9-4-12-2-7-15-8-3-12)11-14(5-6-14)10-13(17)18/h2-3,7-8H,4-6,9-11H2,1H3,(H,17,18). The number of likely N-dealkylation sites (N-methyl/N-ethyl adjacent to an activating group) is 1. The first-order chi connectivity index (χ1) is 8.60. The van der Waals surface area contributed by atoms with Gasteiger partial charge in [0, 0.05) is 25.5 Å². The van der Waals surface area contributed by atoms with Gasteiger partial charge in [-0.15, -0.1) is 0 Å². The first-order valence-electron chi connectivity index (χ1n) is 6.39. The summed E-state index contributed by atoms with van der Waals surface area (Å²) in [7, 11) is 2.07. The third-order valence-electron chi connectivity index (χ3n) is 3.62. The highest BCUT2D eigenvalue weighted by Gasteiger charge is 2.44. The Morgan fingerprint density at radius 1 is 1.44 bits per heavy atom. The van der Waals surface area contributed by atoms with Crippen molar-refractivity contribution < 1.29 is 9.90 Å². The molecule has 0 aromatic carbocycles. The average Bonchev–Trinajstić information content (AvgIpc) is 3.06. The van der Waals surface area contributed by atoms with E-state index in [9.17, 15) is 4.79 Å². The Hall–Kier alpha value is -1.42. The zero-order valence-corrected chi connectivity index (χ0v) is 10.8. The molecule has 1 aliphatic rings. The minimum atomic E-state index is -0.671. The molecule has 1 fully saturated rings. The fourth-order valence-corrected chi connectivity index (χ4v) is 2.41. The maximum absolute atomic E-state index is 10.8. The van der Waals surface area contributed by atoms with Crippen LogP contribution in [0.5, 0.6) is 0 Å². The van der Waals surface area contributed by atoms with Gasteiger partial charge in [-0.1, -0.05) is 0 Å². The Kier molecular flexibility index (Phi) is 3.97. The molecule has 0 amide bonds. The molecule has 4 heteroatoms. The summed E-state index contributed by atoms with van der Waals surface area (Å²) in [5, 5.41) is 8.88. The third kappa shape index (κ3) is 3.81. The van der Waals surface area contributed by atoms with Crippen LogP contribution in [0, 0.1) is 5.41 Å². The molecular weight excluding hydrogens is 228 g/mol. The minimum absolute atomic E-state index is 0.0544. The molecule has 1 aliphatic carbocycles. The second kappa shape index (κ2) is 5.48. The lowest BCUT2D eigenvalue weighted by atomic mass is 10.0. The summed E-state index contributed by atoms with van der Waals surface area (Å²) in [6.07, 6.45) is 7.02. The Labute approximate surface area is 108 Å². The second-order valence-electron chi connectivity index (χ2n) is 5.41. The summed E-state index contributed by atoms with van der Waals surface area (Å²) < 4.78 is 0. The van der Waals surface area contributed by atoms with E-state index in [1.807, 2.05) is 24.5 Å². The zero-order valence-electron chi connectivity index (χ0n) is 10.8. The molecule has 1 aromatic heterocycles. The van der Waals surface area contributed by atoms with Crippen LogP contribution in [-0.2, 0) is 11.2 Å². The molecule has 0 saturated heterocycles. The van der Waals surface area contributed by atoms with Gasteiger partial charge >= 0.3 is 5.97 Å². The highest BCUT2D eigenvalue weighted by Crippen LogP contribution is 2.49. The Balaban J connectivity index is 1.76. The van der Waals surface area contributed by atoms with E-state index >= 15 is 0 Å². The molecule has 1 heterocycles. The number of aromatic nitrogens is 1. The lowest BCUT2D eigenvalue weighted by molar-refractivity contribution is -0.138. The quantitative estimate of drug-likeness (QED) is 0.799. The van der Waals surface area contributed by atoms with Gasteiger partial charge in [0.15, 0.2) is 0 Å². The molecule has 1 saturated carbocycles. The van der Waals surface area contributed by atoms with E-state index in [1.165, 1.54) is 5.56 Å². The smallest absolute Gasteiger partial charge is 0.303 e. The highest BCUT2D eigenvalue weighted by molar-refractivity contribution is 5.68. The van der Waals surface area contributed by atoms with Crippen molar-refractivity contribution in [3.8, 4) is 0 Å². The SMILES string of the molecule is CN(CCc1ccncc1)CC1(CC(=O)O)CC1. The van der Waals surface area contributed by atoms with Crippen molar-refractivity contribution in [1.82, 2.24) is 9.88 Å². The number of aliphatic carboxylic acids is 1. The van der Waals surface area contributed by atoms with Gasteiger partial charge < -0.3 is 10.0 Å². The Morgan fingerprint density at radius 3 is 2.67 bits per heavy atom. The van der Waals surface area contributed by atoms with E-state index in [0.29, 0.717) is 6.42 Å². The molecule has 0 atom stereocenters. The van der Waals surface area contributed by atoms with Crippen molar-refractivity contribution in [3.05, 3.63) is 30.1 Å². The summed E-state index contributed by atoms with van der Waals surface area (Å²) in [4.78, 5) is 17.0. The summed E-state index contributed by atoms with van der Waals surface area (Å²) in [5.41, 5.74) is 1.33. The minimum Gasteiger partial charge on any atom is -0.481 e. The fraction of sp³-hybridized carbons (Fsp3) is 0.571. The lowest BCUT2D eigenvalue weighted by Gasteiger charge is -2.22. The number of carbonyl (C=O) groups is 1. The van der Waals surface area contributed by atoms with Gasteiger partial charge in [0.05, 0.1) is 6.42 Å². The van der Waals surface area contributed by atoms with Crippen molar-refractivity contribution in [2.24, 2.45) is 5.41 Å². The van der Waals surface area contributed by atoms with Crippen molar-refractivity contribution in [1.29, 1.82) is 0 Å². The molecule has 0 aliphatic heterocycles. The fourth-order valence-electron chi connectivity index (χ4n) is 2.41. The maximum atomic E-state index is 10.8. The van der Waals surface area contributed by atoms with Gasteiger partial charge in [-0.3, -0.25) is 9.78 Å². The van der Waals surface area contributed by atoms with Gasteiger partial charge in [0.25, 0.3) is 0 Å². The molecule has 0 bridgehead atoms. The van der Waals surface area contributed by atoms with E-state index in [0.717, 1.165) is 32.4 Å². The van der Waals surface area contributed by atoms with Crippen LogP contribution in [-0.4, -0.2) is 41.1 Å². The number of hydrogen-bond donors (Lipinski definition) is 1. The first-order valence-corrected chi connectivity index (χ1v) is 6.39. The van der Waals surface area contributed by atoms with E-state index in [4.69, 9.17) is 5.11 Å². The van der Waals surface area contributed by atoms with Gasteiger partial charge in [-0.25, -0.2) is 0 Å². The largest absolute Gasteiger partial charge is 0.481 e. The van der Waals surface area contributed by atoms with Gasteiger partial charge in [0.1, 0.15) is 0 Å². The van der Waals surface area contributed by atoms with Crippen molar-refractivity contribution in [2.75, 3.05) is 20.1 Å². The predicted octanol–water partition coefficient (Wildman–Crippen LogP) is 1.81. The molecule has 0 radical (unpaired) electrons. The van der Waals surface area contributed by atoms with Crippen LogP contribution in [0.1, 0.15) is 24.8 Å². The summed E-state index contributed by atoms with van der Waals surface area (Å²) in [5.74, 6) is -0.671. The summed E-state index contributed by atoms with van der Waals surface area (Å²) in [6, 6.07) is 4.05. The molecule has 1 N–H and O–H groups in total. The Bertz CT molecular complexity index is 402. The number of rotatable bonds is 7. The van der Waals surface area contributed by atoms with Crippen LogP contribution in [0.15, 0.2) is 24.5 Å². The number of carboxylic acid groups (broad SMARTS) is 1. The molecule has 0 spiro atoms. The highest BCUT2D eigenvalue weighted by atomic mass is 16.4. The number of hydrogen-bond acceptors (Lipinski definition) is 3. The normalized spacial score (nSPS) is 16.8. The average molecular weight is 248 g/mol. The molecule has 98 valence electrons. The van der Waals surface area contributed by atoms with Crippen LogP contribution < -0.4 is 0 Å². The maximum Gasteiger partial charge on any atom is 0.303 e. The van der Waals surface area contributed by atoms with Crippen molar-refractivity contribution in [3.63, 3.8) is 0 Å². The monoisotopic (exact) mass is 248 g/mol. The number of nitrogens with zero attached hydrogens (tertiary/aromatic N) is 2. The predicted molar refractivity (Wildman–Crippen MR) is 69.4 cm³/mol. The van der Waals surface area contributed by atoms with Gasteiger partial charge in [-0.05, 0) is 49.4 Å². The molecule has 2 rings (SSSR count). The second-order valence-corrected chi connectivity index (χ2v) is 5.41. The number of pyridine rings is 1. The molecule has 1 aromatic rings. The Morgan fingerprint density at radius 2 is 2.11 bits per heavy atom. The van der Waals surface area contributed by atoms with E-state index in [-0.39, 0.29) is 5.41 Å². The van der Waals surface area contributed by atoms with Crippen LogP contribution >= 0.6 is 0 Å². The van der Waals surface area contributed by atoms with Crippen LogP contribution in [0.4, 0.5) is 0 Å². The van der Waals surface area contributed by atoms with Crippen molar-refractivity contribution >= 4 is 5.97 Å². The lowest BCUT2D eigenvalue weighted by Crippen LogP contribution is -2.30. The summed E-state index contributed by atoms with van der Waals surface area (Å²) in [6.45, 7) is 1.86. The van der Waals surface area contributed by atoms with Gasteiger partial charge in [-0.2, -0.15) is 0 Å². The molecular formula is C14H20N2O2. The van der Waals surface area contributed by atoms with Crippen LogP contribution in [0.3, 0.4) is 0 Å². The van der Waals surface area contributed by atoms with E-state index < -0.39 is 5.97 Å².